The van der Waals surface area contributed by atoms with Crippen LogP contribution in [0.1, 0.15) is 25.3 Å². The largest absolute Gasteiger partial charge is 0.340 e. The highest BCUT2D eigenvalue weighted by Gasteiger charge is 2.20. The van der Waals surface area contributed by atoms with Gasteiger partial charge in [-0.1, -0.05) is 13.3 Å². The van der Waals surface area contributed by atoms with E-state index in [-0.39, 0.29) is 5.91 Å². The fourth-order valence-electron chi connectivity index (χ4n) is 1.70. The second-order valence-electron chi connectivity index (χ2n) is 4.19. The Hall–Kier alpha value is -1.83. The molecule has 0 bridgehead atoms. The molecule has 5 heteroatoms. The van der Waals surface area contributed by atoms with E-state index in [1.54, 1.807) is 22.8 Å². The molecule has 1 atom stereocenters. The van der Waals surface area contributed by atoms with Gasteiger partial charge in [0.15, 0.2) is 0 Å². The van der Waals surface area contributed by atoms with Crippen LogP contribution >= 0.6 is 0 Å². The van der Waals surface area contributed by atoms with Crippen molar-refractivity contribution in [1.29, 1.82) is 5.26 Å². The number of aryl methyl sites for hydroxylation is 1. The molecule has 1 aromatic rings. The molecule has 0 N–H and O–H groups in total. The number of hydrogen-bond donors (Lipinski definition) is 0. The van der Waals surface area contributed by atoms with Gasteiger partial charge in [0.2, 0.25) is 5.91 Å². The zero-order valence-corrected chi connectivity index (χ0v) is 10.6. The van der Waals surface area contributed by atoms with Crippen molar-refractivity contribution >= 4 is 5.91 Å². The van der Waals surface area contributed by atoms with Crippen LogP contribution in [0.25, 0.3) is 0 Å². The molecule has 0 fully saturated rings. The summed E-state index contributed by atoms with van der Waals surface area (Å²) in [5.41, 5.74) is 0.969. The first-order valence-electron chi connectivity index (χ1n) is 5.70. The van der Waals surface area contributed by atoms with Crippen molar-refractivity contribution < 1.29 is 4.79 Å². The van der Waals surface area contributed by atoms with Crippen LogP contribution in [0, 0.1) is 17.2 Å². The van der Waals surface area contributed by atoms with Gasteiger partial charge in [0.05, 0.1) is 12.3 Å². The zero-order chi connectivity index (χ0) is 12.8. The number of amides is 1. The Morgan fingerprint density at radius 2 is 2.41 bits per heavy atom. The summed E-state index contributed by atoms with van der Waals surface area (Å²) < 4.78 is 1.70. The van der Waals surface area contributed by atoms with Gasteiger partial charge >= 0.3 is 0 Å². The van der Waals surface area contributed by atoms with Crippen molar-refractivity contribution in [3.8, 4) is 6.07 Å². The first-order chi connectivity index (χ1) is 8.08. The lowest BCUT2D eigenvalue weighted by atomic mass is 10.0. The summed E-state index contributed by atoms with van der Waals surface area (Å²) in [5, 5.41) is 13.0. The normalized spacial score (nSPS) is 11.9. The minimum atomic E-state index is -0.526. The Morgan fingerprint density at radius 1 is 1.71 bits per heavy atom. The maximum atomic E-state index is 12.0. The van der Waals surface area contributed by atoms with E-state index in [0.717, 1.165) is 12.0 Å². The van der Waals surface area contributed by atoms with Crippen LogP contribution in [-0.4, -0.2) is 27.6 Å². The number of carbonyl (C=O) groups excluding carboxylic acids is 1. The van der Waals surface area contributed by atoms with E-state index in [1.807, 2.05) is 20.2 Å². The molecule has 0 saturated carbocycles. The van der Waals surface area contributed by atoms with Gasteiger partial charge in [-0.2, -0.15) is 10.4 Å². The fraction of sp³-hybridized carbons (Fsp3) is 0.583. The average molecular weight is 234 g/mol. The Balaban J connectivity index is 2.60. The highest BCUT2D eigenvalue weighted by Crippen LogP contribution is 2.11. The van der Waals surface area contributed by atoms with Crippen molar-refractivity contribution in [2.45, 2.75) is 26.3 Å². The van der Waals surface area contributed by atoms with Gasteiger partial charge in [0.25, 0.3) is 0 Å². The smallest absolute Gasteiger partial charge is 0.239 e. The molecular weight excluding hydrogens is 216 g/mol. The van der Waals surface area contributed by atoms with E-state index < -0.39 is 5.92 Å². The molecule has 0 radical (unpaired) electrons. The molecule has 0 aliphatic rings. The van der Waals surface area contributed by atoms with Crippen molar-refractivity contribution in [2.24, 2.45) is 13.0 Å². The van der Waals surface area contributed by atoms with Crippen molar-refractivity contribution in [1.82, 2.24) is 14.7 Å². The number of rotatable bonds is 5. The average Bonchev–Trinajstić information content (AvgIpc) is 2.70. The van der Waals surface area contributed by atoms with Crippen LogP contribution < -0.4 is 0 Å². The van der Waals surface area contributed by atoms with Crippen LogP contribution in [0.3, 0.4) is 0 Å². The predicted octanol–water partition coefficient (Wildman–Crippen LogP) is 1.32. The lowest BCUT2D eigenvalue weighted by molar-refractivity contribution is -0.133. The Bertz CT molecular complexity index is 418. The van der Waals surface area contributed by atoms with Gasteiger partial charge in [-0.15, -0.1) is 0 Å². The van der Waals surface area contributed by atoms with E-state index in [4.69, 9.17) is 5.26 Å². The molecule has 92 valence electrons. The van der Waals surface area contributed by atoms with Crippen molar-refractivity contribution in [2.75, 3.05) is 7.05 Å². The maximum Gasteiger partial charge on any atom is 0.239 e. The van der Waals surface area contributed by atoms with Crippen molar-refractivity contribution in [3.63, 3.8) is 0 Å². The topological polar surface area (TPSA) is 61.9 Å². The molecule has 1 heterocycles. The molecule has 1 amide bonds. The molecular formula is C12H18N4O. The standard InChI is InChI=1S/C12H18N4O/c1-4-5-11(6-13)12(17)15(2)8-10-7-14-16(3)9-10/h7,9,11H,4-5,8H2,1-3H3. The predicted molar refractivity (Wildman–Crippen MR) is 63.7 cm³/mol. The molecule has 1 unspecified atom stereocenters. The van der Waals surface area contributed by atoms with E-state index in [0.29, 0.717) is 13.0 Å². The second kappa shape index (κ2) is 6.04. The van der Waals surface area contributed by atoms with E-state index in [9.17, 15) is 4.79 Å². The van der Waals surface area contributed by atoms with E-state index >= 15 is 0 Å². The number of nitrogens with zero attached hydrogens (tertiary/aromatic N) is 4. The van der Waals surface area contributed by atoms with Gasteiger partial charge in [0.1, 0.15) is 5.92 Å². The molecule has 0 aliphatic heterocycles. The molecule has 0 saturated heterocycles. The first kappa shape index (κ1) is 13.2. The second-order valence-corrected chi connectivity index (χ2v) is 4.19. The third kappa shape index (κ3) is 3.59. The van der Waals surface area contributed by atoms with Crippen LogP contribution in [0.5, 0.6) is 0 Å². The third-order valence-corrected chi connectivity index (χ3v) is 2.59. The van der Waals surface area contributed by atoms with Crippen LogP contribution in [-0.2, 0) is 18.4 Å². The summed E-state index contributed by atoms with van der Waals surface area (Å²) >= 11 is 0. The van der Waals surface area contributed by atoms with Crippen LogP contribution in [0.15, 0.2) is 12.4 Å². The van der Waals surface area contributed by atoms with Crippen LogP contribution in [0.2, 0.25) is 0 Å². The molecule has 1 aromatic heterocycles. The summed E-state index contributed by atoms with van der Waals surface area (Å²) in [6.45, 7) is 2.47. The molecule has 0 aromatic carbocycles. The van der Waals surface area contributed by atoms with E-state index in [1.165, 1.54) is 0 Å². The quantitative estimate of drug-likeness (QED) is 0.772. The molecule has 1 rings (SSSR count). The molecule has 17 heavy (non-hydrogen) atoms. The first-order valence-corrected chi connectivity index (χ1v) is 5.70. The Labute approximate surface area is 102 Å². The monoisotopic (exact) mass is 234 g/mol. The third-order valence-electron chi connectivity index (χ3n) is 2.59. The van der Waals surface area contributed by atoms with Gasteiger partial charge in [-0.25, -0.2) is 0 Å². The SMILES string of the molecule is CCCC(C#N)C(=O)N(C)Cc1cnn(C)c1. The Kier molecular flexibility index (Phi) is 4.70. The summed E-state index contributed by atoms with van der Waals surface area (Å²) in [5.74, 6) is -0.639. The lowest BCUT2D eigenvalue weighted by Crippen LogP contribution is -2.31. The van der Waals surface area contributed by atoms with Gasteiger partial charge in [-0.05, 0) is 6.42 Å². The molecule has 0 aliphatic carbocycles. The van der Waals surface area contributed by atoms with Crippen molar-refractivity contribution in [3.05, 3.63) is 18.0 Å². The van der Waals surface area contributed by atoms with Gasteiger partial charge in [-0.3, -0.25) is 9.48 Å². The summed E-state index contributed by atoms with van der Waals surface area (Å²) in [6, 6.07) is 2.06. The number of carbonyl (C=O) groups is 1. The molecule has 5 nitrogen and oxygen atoms in total. The number of aromatic nitrogens is 2. The van der Waals surface area contributed by atoms with Gasteiger partial charge < -0.3 is 4.90 Å². The van der Waals surface area contributed by atoms with Gasteiger partial charge in [0, 0.05) is 32.4 Å². The maximum absolute atomic E-state index is 12.0. The molecule has 0 spiro atoms. The Morgan fingerprint density at radius 3 is 2.88 bits per heavy atom. The minimum absolute atomic E-state index is 0.113. The summed E-state index contributed by atoms with van der Waals surface area (Å²) in [7, 11) is 3.55. The summed E-state index contributed by atoms with van der Waals surface area (Å²) in [4.78, 5) is 13.5. The van der Waals surface area contributed by atoms with E-state index in [2.05, 4.69) is 11.2 Å². The summed E-state index contributed by atoms with van der Waals surface area (Å²) in [6.07, 6.45) is 5.05. The minimum Gasteiger partial charge on any atom is -0.340 e. The highest BCUT2D eigenvalue weighted by atomic mass is 16.2. The fourth-order valence-corrected chi connectivity index (χ4v) is 1.70. The zero-order valence-electron chi connectivity index (χ0n) is 10.6. The highest BCUT2D eigenvalue weighted by molar-refractivity contribution is 5.80. The lowest BCUT2D eigenvalue weighted by Gasteiger charge is -2.18. The number of hydrogen-bond acceptors (Lipinski definition) is 3. The van der Waals surface area contributed by atoms with Crippen LogP contribution in [0.4, 0.5) is 0 Å². The number of nitriles is 1.